The molecule has 2 atom stereocenters. The third-order valence-electron chi connectivity index (χ3n) is 4.68. The Balaban J connectivity index is 1.96. The quantitative estimate of drug-likeness (QED) is 0.588. The largest absolute Gasteiger partial charge is 0.369 e. The Labute approximate surface area is 174 Å². The Kier molecular flexibility index (Phi) is 5.49. The van der Waals surface area contributed by atoms with Crippen molar-refractivity contribution in [3.05, 3.63) is 64.2 Å². The van der Waals surface area contributed by atoms with Gasteiger partial charge < -0.3 is 5.73 Å². The molecule has 0 fully saturated rings. The van der Waals surface area contributed by atoms with E-state index in [9.17, 15) is 8.60 Å². The highest BCUT2D eigenvalue weighted by Crippen LogP contribution is 2.34. The Morgan fingerprint density at radius 1 is 1.46 bits per heavy atom. The van der Waals surface area contributed by atoms with Gasteiger partial charge in [-0.05, 0) is 36.6 Å². The first-order chi connectivity index (χ1) is 13.0. The number of aliphatic imine (C=N–C) groups is 1. The summed E-state index contributed by atoms with van der Waals surface area (Å²) < 4.78 is 28.8. The van der Waals surface area contributed by atoms with Gasteiger partial charge in [-0.1, -0.05) is 36.0 Å². The highest BCUT2D eigenvalue weighted by Gasteiger charge is 2.38. The van der Waals surface area contributed by atoms with Gasteiger partial charge in [-0.25, -0.2) is 13.6 Å². The average Bonchev–Trinajstić information content (AvgIpc) is 2.61. The van der Waals surface area contributed by atoms with Gasteiger partial charge >= 0.3 is 0 Å². The van der Waals surface area contributed by atoms with Gasteiger partial charge in [-0.15, -0.1) is 0 Å². The summed E-state index contributed by atoms with van der Waals surface area (Å²) in [5.74, 6) is 3.44. The number of guanidine groups is 1. The second-order valence-electron chi connectivity index (χ2n) is 6.93. The lowest BCUT2D eigenvalue weighted by Gasteiger charge is -2.37. The highest BCUT2D eigenvalue weighted by atomic mass is 35.5. The summed E-state index contributed by atoms with van der Waals surface area (Å²) in [4.78, 5) is 9.23. The minimum absolute atomic E-state index is 0.0563. The van der Waals surface area contributed by atoms with Gasteiger partial charge in [-0.3, -0.25) is 9.29 Å². The van der Waals surface area contributed by atoms with Crippen LogP contribution in [-0.4, -0.2) is 43.0 Å². The molecular formula is C19H20ClFN4OS2. The fourth-order valence-electron chi connectivity index (χ4n) is 3.11. The fraction of sp³-hybridized carbons (Fsp3) is 0.263. The minimum Gasteiger partial charge on any atom is -0.369 e. The molecule has 9 heteroatoms. The smallest absolute Gasteiger partial charge is 0.203 e. The van der Waals surface area contributed by atoms with Crippen LogP contribution in [0.2, 0.25) is 5.02 Å². The highest BCUT2D eigenvalue weighted by molar-refractivity contribution is 7.98. The molecule has 0 amide bonds. The normalized spacial score (nSPS) is 24.7. The number of nitrogens with zero attached hydrogens (tertiary/aromatic N) is 3. The molecule has 1 aromatic heterocycles. The lowest BCUT2D eigenvalue weighted by Crippen LogP contribution is -2.50. The number of hydrogen-bond acceptors (Lipinski definition) is 5. The monoisotopic (exact) mass is 438 g/mol. The van der Waals surface area contributed by atoms with Crippen LogP contribution in [-0.2, 0) is 21.7 Å². The van der Waals surface area contributed by atoms with Crippen LogP contribution in [0, 0.1) is 5.82 Å². The zero-order valence-corrected chi connectivity index (χ0v) is 17.9. The van der Waals surface area contributed by atoms with Gasteiger partial charge in [0, 0.05) is 30.1 Å². The van der Waals surface area contributed by atoms with E-state index in [2.05, 4.69) is 15.8 Å². The van der Waals surface area contributed by atoms with Crippen molar-refractivity contribution in [1.82, 2.24) is 9.29 Å². The summed E-state index contributed by atoms with van der Waals surface area (Å²) in [6.45, 7) is 1.71. The molecule has 1 aromatic carbocycles. The molecule has 1 unspecified atom stereocenters. The van der Waals surface area contributed by atoms with Crippen LogP contribution in [0.1, 0.15) is 23.7 Å². The van der Waals surface area contributed by atoms with Crippen molar-refractivity contribution >= 4 is 50.2 Å². The van der Waals surface area contributed by atoms with Gasteiger partial charge in [0.25, 0.3) is 0 Å². The molecule has 0 radical (unpaired) electrons. The Hall–Kier alpha value is -2.03. The third-order valence-corrected chi connectivity index (χ3v) is 7.45. The van der Waals surface area contributed by atoms with E-state index >= 15 is 0 Å². The predicted octanol–water partition coefficient (Wildman–Crippen LogP) is 2.94. The summed E-state index contributed by atoms with van der Waals surface area (Å²) in [6.07, 6.45) is 1.92. The minimum atomic E-state index is -2.70. The number of aromatic nitrogens is 1. The number of thiocarbonyl (C=S) groups is 1. The molecule has 1 aliphatic heterocycles. The van der Waals surface area contributed by atoms with Crippen molar-refractivity contribution in [2.24, 2.45) is 10.7 Å². The molecule has 2 heterocycles. The van der Waals surface area contributed by atoms with Crippen molar-refractivity contribution in [2.45, 2.75) is 18.9 Å². The zero-order chi connectivity index (χ0) is 20.7. The first kappa shape index (κ1) is 20.7. The van der Waals surface area contributed by atoms with Crippen molar-refractivity contribution in [1.29, 1.82) is 0 Å². The molecule has 0 aliphatic carbocycles. The van der Waals surface area contributed by atoms with Crippen molar-refractivity contribution < 1.29 is 8.60 Å². The average molecular weight is 439 g/mol. The van der Waals surface area contributed by atoms with Gasteiger partial charge in [-0.2, -0.15) is 0 Å². The van der Waals surface area contributed by atoms with Crippen LogP contribution >= 0.6 is 23.8 Å². The number of benzene rings is 1. The number of nitrogens with two attached hydrogens (primary N) is 1. The Morgan fingerprint density at radius 3 is 2.79 bits per heavy atom. The standard InChI is InChI=1S/C19H20ClFN4OS2/c1-19(11-28(3,26)25(2)18(22)24-19)14-8-12(4-6-15(14)21)9-17(27)16-7-5-13(20)10-23-16/h4-8,10H,3,9,11H2,1-2H3,(H2,22,24)/t19-,28?/m0/s1. The number of pyridine rings is 1. The maximum atomic E-state index is 14.7. The van der Waals surface area contributed by atoms with Crippen LogP contribution in [0.4, 0.5) is 4.39 Å². The van der Waals surface area contributed by atoms with Crippen LogP contribution in [0.25, 0.3) is 0 Å². The van der Waals surface area contributed by atoms with E-state index in [0.29, 0.717) is 27.6 Å². The SMILES string of the molecule is C=S1(=O)C[C@@](C)(c2cc(CC(=S)c3ccc(Cl)cn3)ccc2F)N=C(N)N1C. The van der Waals surface area contributed by atoms with E-state index in [4.69, 9.17) is 29.6 Å². The predicted molar refractivity (Wildman–Crippen MR) is 118 cm³/mol. The van der Waals surface area contributed by atoms with Crippen molar-refractivity contribution in [3.63, 3.8) is 0 Å². The molecule has 3 rings (SSSR count). The lowest BCUT2D eigenvalue weighted by molar-refractivity contribution is 0.480. The van der Waals surface area contributed by atoms with Crippen LogP contribution in [0.15, 0.2) is 41.5 Å². The first-order valence-corrected chi connectivity index (χ1v) is 11.0. The van der Waals surface area contributed by atoms with Gasteiger partial charge in [0.2, 0.25) is 5.96 Å². The summed E-state index contributed by atoms with van der Waals surface area (Å²) in [5.41, 5.74) is 6.57. The van der Waals surface area contributed by atoms with E-state index in [1.807, 2.05) is 0 Å². The van der Waals surface area contributed by atoms with Crippen molar-refractivity contribution in [3.8, 4) is 0 Å². The van der Waals surface area contributed by atoms with Gasteiger partial charge in [0.15, 0.2) is 0 Å². The molecule has 2 aromatic rings. The van der Waals surface area contributed by atoms with E-state index < -0.39 is 21.1 Å². The van der Waals surface area contributed by atoms with Gasteiger partial charge in [0.05, 0.1) is 26.2 Å². The summed E-state index contributed by atoms with van der Waals surface area (Å²) in [5, 5.41) is 0.526. The number of hydrogen-bond donors (Lipinski definition) is 1. The Morgan fingerprint density at radius 2 is 2.18 bits per heavy atom. The van der Waals surface area contributed by atoms with Crippen LogP contribution < -0.4 is 5.73 Å². The summed E-state index contributed by atoms with van der Waals surface area (Å²) in [6, 6.07) is 8.18. The molecule has 2 N–H and O–H groups in total. The van der Waals surface area contributed by atoms with Gasteiger partial charge in [0.1, 0.15) is 11.4 Å². The van der Waals surface area contributed by atoms with E-state index in [-0.39, 0.29) is 11.7 Å². The summed E-state index contributed by atoms with van der Waals surface area (Å²) >= 11 is 11.3. The molecular weight excluding hydrogens is 419 g/mol. The fourth-order valence-corrected chi connectivity index (χ4v) is 5.18. The topological polar surface area (TPSA) is 71.6 Å². The van der Waals surface area contributed by atoms with E-state index in [1.54, 1.807) is 38.2 Å². The second kappa shape index (κ2) is 7.42. The maximum absolute atomic E-state index is 14.7. The van der Waals surface area contributed by atoms with Crippen LogP contribution in [0.3, 0.4) is 0 Å². The molecule has 1 aliphatic rings. The second-order valence-corrected chi connectivity index (χ2v) is 10.2. The first-order valence-electron chi connectivity index (χ1n) is 8.40. The molecule has 0 saturated carbocycles. The van der Waals surface area contributed by atoms with E-state index in [0.717, 1.165) is 5.56 Å². The van der Waals surface area contributed by atoms with E-state index in [1.165, 1.54) is 16.6 Å². The Bertz CT molecular complexity index is 1070. The number of halogens is 2. The molecule has 28 heavy (non-hydrogen) atoms. The molecule has 0 spiro atoms. The summed E-state index contributed by atoms with van der Waals surface area (Å²) in [7, 11) is -1.14. The maximum Gasteiger partial charge on any atom is 0.203 e. The third kappa shape index (κ3) is 4.04. The van der Waals surface area contributed by atoms with Crippen LogP contribution in [0.5, 0.6) is 0 Å². The zero-order valence-electron chi connectivity index (χ0n) is 15.5. The van der Waals surface area contributed by atoms with Crippen molar-refractivity contribution in [2.75, 3.05) is 12.8 Å². The molecule has 148 valence electrons. The lowest BCUT2D eigenvalue weighted by atomic mass is 9.91. The number of rotatable bonds is 4. The molecule has 0 bridgehead atoms. The molecule has 0 saturated heterocycles. The molecule has 5 nitrogen and oxygen atoms in total.